The van der Waals surface area contributed by atoms with Crippen molar-refractivity contribution in [2.45, 2.75) is 33.6 Å². The molecular formula is C10H23NO. The quantitative estimate of drug-likeness (QED) is 0.567. The summed E-state index contributed by atoms with van der Waals surface area (Å²) in [6, 6.07) is 0. The lowest BCUT2D eigenvalue weighted by atomic mass is 10.1. The monoisotopic (exact) mass is 173 g/mol. The Bertz CT molecular complexity index is 85.9. The molecule has 2 nitrogen and oxygen atoms in total. The van der Waals surface area contributed by atoms with Crippen LogP contribution in [0.1, 0.15) is 33.6 Å². The van der Waals surface area contributed by atoms with Gasteiger partial charge < -0.3 is 10.1 Å². The van der Waals surface area contributed by atoms with Gasteiger partial charge in [-0.15, -0.1) is 0 Å². The molecular weight excluding hydrogens is 150 g/mol. The first-order valence-electron chi connectivity index (χ1n) is 5.09. The molecule has 0 bridgehead atoms. The van der Waals surface area contributed by atoms with E-state index >= 15 is 0 Å². The molecule has 0 aliphatic rings. The molecule has 0 aliphatic heterocycles. The van der Waals surface area contributed by atoms with Gasteiger partial charge in [-0.2, -0.15) is 0 Å². The summed E-state index contributed by atoms with van der Waals surface area (Å²) < 4.78 is 5.23. The minimum absolute atomic E-state index is 0.803. The van der Waals surface area contributed by atoms with E-state index in [1.165, 1.54) is 6.42 Å². The molecule has 0 saturated heterocycles. The number of hydrogen-bond acceptors (Lipinski definition) is 2. The first-order valence-corrected chi connectivity index (χ1v) is 5.09. The fraction of sp³-hybridized carbons (Fsp3) is 1.00. The Morgan fingerprint density at radius 1 is 1.33 bits per heavy atom. The van der Waals surface area contributed by atoms with Crippen molar-refractivity contribution < 1.29 is 4.74 Å². The van der Waals surface area contributed by atoms with E-state index in [1.54, 1.807) is 0 Å². The average Bonchev–Trinajstić information content (AvgIpc) is 2.10. The van der Waals surface area contributed by atoms with Crippen molar-refractivity contribution in [3.05, 3.63) is 0 Å². The van der Waals surface area contributed by atoms with Gasteiger partial charge in [0, 0.05) is 13.2 Å². The normalized spacial score (nSPS) is 13.2. The van der Waals surface area contributed by atoms with Crippen LogP contribution in [0.5, 0.6) is 0 Å². The SMILES string of the molecule is CCOCCCNCC(C)CC. The summed E-state index contributed by atoms with van der Waals surface area (Å²) in [5, 5.41) is 3.41. The van der Waals surface area contributed by atoms with Gasteiger partial charge in [0.05, 0.1) is 0 Å². The molecule has 0 aromatic rings. The Morgan fingerprint density at radius 2 is 2.08 bits per heavy atom. The third-order valence-corrected chi connectivity index (χ3v) is 2.04. The van der Waals surface area contributed by atoms with Crippen LogP contribution in [-0.4, -0.2) is 26.3 Å². The fourth-order valence-corrected chi connectivity index (χ4v) is 0.936. The van der Waals surface area contributed by atoms with Gasteiger partial charge in [-0.25, -0.2) is 0 Å². The van der Waals surface area contributed by atoms with Gasteiger partial charge in [-0.3, -0.25) is 0 Å². The van der Waals surface area contributed by atoms with E-state index in [-0.39, 0.29) is 0 Å². The number of nitrogens with one attached hydrogen (secondary N) is 1. The molecule has 0 rings (SSSR count). The standard InChI is InChI=1S/C10H23NO/c1-4-10(3)9-11-7-6-8-12-5-2/h10-11H,4-9H2,1-3H3. The summed E-state index contributed by atoms with van der Waals surface area (Å²) in [5.41, 5.74) is 0. The highest BCUT2D eigenvalue weighted by Gasteiger charge is 1.96. The number of ether oxygens (including phenoxy) is 1. The first-order chi connectivity index (χ1) is 5.81. The maximum atomic E-state index is 5.23. The summed E-state index contributed by atoms with van der Waals surface area (Å²) >= 11 is 0. The van der Waals surface area contributed by atoms with Crippen LogP contribution in [0, 0.1) is 5.92 Å². The van der Waals surface area contributed by atoms with Crippen molar-refractivity contribution in [1.29, 1.82) is 0 Å². The summed E-state index contributed by atoms with van der Waals surface area (Å²) in [6.07, 6.45) is 2.39. The second-order valence-electron chi connectivity index (χ2n) is 3.27. The van der Waals surface area contributed by atoms with Gasteiger partial charge in [0.15, 0.2) is 0 Å². The molecule has 0 aromatic carbocycles. The second kappa shape index (κ2) is 9.01. The molecule has 2 heteroatoms. The van der Waals surface area contributed by atoms with E-state index in [2.05, 4.69) is 19.2 Å². The highest BCUT2D eigenvalue weighted by Crippen LogP contribution is 1.96. The topological polar surface area (TPSA) is 21.3 Å². The highest BCUT2D eigenvalue weighted by molar-refractivity contribution is 4.54. The molecule has 0 heterocycles. The Morgan fingerprint density at radius 3 is 2.67 bits per heavy atom. The van der Waals surface area contributed by atoms with E-state index in [1.807, 2.05) is 6.92 Å². The van der Waals surface area contributed by atoms with Crippen LogP contribution in [0.3, 0.4) is 0 Å². The molecule has 0 amide bonds. The van der Waals surface area contributed by atoms with Crippen molar-refractivity contribution in [3.63, 3.8) is 0 Å². The van der Waals surface area contributed by atoms with Gasteiger partial charge in [0.2, 0.25) is 0 Å². The van der Waals surface area contributed by atoms with Crippen LogP contribution in [0.15, 0.2) is 0 Å². The van der Waals surface area contributed by atoms with Gasteiger partial charge in [-0.1, -0.05) is 20.3 Å². The Hall–Kier alpha value is -0.0800. The molecule has 0 saturated carbocycles. The zero-order chi connectivity index (χ0) is 9.23. The summed E-state index contributed by atoms with van der Waals surface area (Å²) in [4.78, 5) is 0. The summed E-state index contributed by atoms with van der Waals surface area (Å²) in [6.45, 7) is 10.5. The predicted octanol–water partition coefficient (Wildman–Crippen LogP) is 2.05. The lowest BCUT2D eigenvalue weighted by Crippen LogP contribution is -2.22. The molecule has 0 aromatic heterocycles. The second-order valence-corrected chi connectivity index (χ2v) is 3.27. The van der Waals surface area contributed by atoms with Gasteiger partial charge in [-0.05, 0) is 32.4 Å². The van der Waals surface area contributed by atoms with Crippen LogP contribution >= 0.6 is 0 Å². The van der Waals surface area contributed by atoms with Gasteiger partial charge in [0.1, 0.15) is 0 Å². The average molecular weight is 173 g/mol. The minimum Gasteiger partial charge on any atom is -0.382 e. The molecule has 12 heavy (non-hydrogen) atoms. The summed E-state index contributed by atoms with van der Waals surface area (Å²) in [5.74, 6) is 0.803. The van der Waals surface area contributed by atoms with E-state index in [9.17, 15) is 0 Å². The van der Waals surface area contributed by atoms with Gasteiger partial charge in [0.25, 0.3) is 0 Å². The van der Waals surface area contributed by atoms with Crippen LogP contribution in [0.4, 0.5) is 0 Å². The van der Waals surface area contributed by atoms with Crippen molar-refractivity contribution >= 4 is 0 Å². The molecule has 1 unspecified atom stereocenters. The lowest BCUT2D eigenvalue weighted by Gasteiger charge is -2.09. The van der Waals surface area contributed by atoms with Crippen LogP contribution in [0.25, 0.3) is 0 Å². The minimum atomic E-state index is 0.803. The van der Waals surface area contributed by atoms with Crippen molar-refractivity contribution in [2.24, 2.45) is 5.92 Å². The molecule has 1 N–H and O–H groups in total. The first kappa shape index (κ1) is 11.9. The third-order valence-electron chi connectivity index (χ3n) is 2.04. The van der Waals surface area contributed by atoms with E-state index in [4.69, 9.17) is 4.74 Å². The van der Waals surface area contributed by atoms with E-state index in [0.29, 0.717) is 0 Å². The van der Waals surface area contributed by atoms with E-state index < -0.39 is 0 Å². The highest BCUT2D eigenvalue weighted by atomic mass is 16.5. The third kappa shape index (κ3) is 8.02. The molecule has 0 fully saturated rings. The molecule has 0 aliphatic carbocycles. The number of rotatable bonds is 8. The van der Waals surface area contributed by atoms with Crippen molar-refractivity contribution in [3.8, 4) is 0 Å². The van der Waals surface area contributed by atoms with Crippen LogP contribution in [-0.2, 0) is 4.74 Å². The maximum absolute atomic E-state index is 5.23. The molecule has 0 radical (unpaired) electrons. The molecule has 1 atom stereocenters. The Balaban J connectivity index is 2.90. The smallest absolute Gasteiger partial charge is 0.0477 e. The maximum Gasteiger partial charge on any atom is 0.0477 e. The van der Waals surface area contributed by atoms with Crippen LogP contribution < -0.4 is 5.32 Å². The van der Waals surface area contributed by atoms with Crippen molar-refractivity contribution in [1.82, 2.24) is 5.32 Å². The summed E-state index contributed by atoms with van der Waals surface area (Å²) in [7, 11) is 0. The molecule has 0 spiro atoms. The largest absolute Gasteiger partial charge is 0.382 e. The fourth-order valence-electron chi connectivity index (χ4n) is 0.936. The van der Waals surface area contributed by atoms with E-state index in [0.717, 1.165) is 38.6 Å². The van der Waals surface area contributed by atoms with Crippen LogP contribution in [0.2, 0.25) is 0 Å². The number of hydrogen-bond donors (Lipinski definition) is 1. The van der Waals surface area contributed by atoms with Gasteiger partial charge >= 0.3 is 0 Å². The Kier molecular flexibility index (Phi) is 8.95. The van der Waals surface area contributed by atoms with Crippen molar-refractivity contribution in [2.75, 3.05) is 26.3 Å². The molecule has 74 valence electrons. The zero-order valence-corrected chi connectivity index (χ0v) is 8.73. The predicted molar refractivity (Wildman–Crippen MR) is 53.4 cm³/mol. The Labute approximate surface area is 76.7 Å². The lowest BCUT2D eigenvalue weighted by molar-refractivity contribution is 0.144. The zero-order valence-electron chi connectivity index (χ0n) is 8.73.